The molecule has 0 saturated heterocycles. The Morgan fingerprint density at radius 2 is 1.64 bits per heavy atom. The molecule has 0 saturated carbocycles. The number of amides is 1. The van der Waals surface area contributed by atoms with Crippen LogP contribution in [0.4, 0.5) is 0 Å². The van der Waals surface area contributed by atoms with Crippen molar-refractivity contribution in [2.45, 2.75) is 84.0 Å². The van der Waals surface area contributed by atoms with E-state index in [2.05, 4.69) is 23.4 Å². The molecule has 0 unspecified atom stereocenters. The van der Waals surface area contributed by atoms with Crippen molar-refractivity contribution in [1.82, 2.24) is 5.43 Å². The standard InChI is InChI=1S/C24H36N2O2/c1-3-5-6-7-8-9-10-11-12-13-14-19-24(27)26-25-21-22-17-15-16-18-23(22)28-20-4-2/h2,15-18,21H,3,5-14,19-20H2,1H3,(H,26,27)/b25-21+. The lowest BCUT2D eigenvalue weighted by Gasteiger charge is -2.05. The Morgan fingerprint density at radius 1 is 1.04 bits per heavy atom. The number of unbranched alkanes of at least 4 members (excludes halogenated alkanes) is 10. The minimum Gasteiger partial charge on any atom is -0.480 e. The molecule has 1 amide bonds. The van der Waals surface area contributed by atoms with Gasteiger partial charge in [-0.05, 0) is 18.6 Å². The number of benzene rings is 1. The first-order valence-electron chi connectivity index (χ1n) is 10.7. The Labute approximate surface area is 171 Å². The second kappa shape index (κ2) is 16.9. The summed E-state index contributed by atoms with van der Waals surface area (Å²) in [5, 5.41) is 4.02. The average molecular weight is 385 g/mol. The van der Waals surface area contributed by atoms with E-state index < -0.39 is 0 Å². The lowest BCUT2D eigenvalue weighted by atomic mass is 10.1. The molecule has 0 aliphatic heterocycles. The van der Waals surface area contributed by atoms with Crippen molar-refractivity contribution in [3.05, 3.63) is 29.8 Å². The van der Waals surface area contributed by atoms with Crippen molar-refractivity contribution >= 4 is 12.1 Å². The zero-order valence-corrected chi connectivity index (χ0v) is 17.4. The van der Waals surface area contributed by atoms with Gasteiger partial charge in [-0.3, -0.25) is 4.79 Å². The topological polar surface area (TPSA) is 50.7 Å². The van der Waals surface area contributed by atoms with E-state index in [1.54, 1.807) is 6.21 Å². The Bertz CT molecular complexity index is 605. The van der Waals surface area contributed by atoms with Crippen LogP contribution in [0.5, 0.6) is 5.75 Å². The van der Waals surface area contributed by atoms with E-state index in [1.807, 2.05) is 24.3 Å². The number of nitrogens with zero attached hydrogens (tertiary/aromatic N) is 1. The molecule has 1 aromatic rings. The molecular formula is C24H36N2O2. The minimum atomic E-state index is -0.0470. The van der Waals surface area contributed by atoms with Crippen molar-refractivity contribution in [1.29, 1.82) is 0 Å². The molecule has 154 valence electrons. The van der Waals surface area contributed by atoms with Crippen molar-refractivity contribution in [2.24, 2.45) is 5.10 Å². The van der Waals surface area contributed by atoms with Crippen LogP contribution in [0.25, 0.3) is 0 Å². The molecular weight excluding hydrogens is 348 g/mol. The SMILES string of the molecule is C#CCOc1ccccc1/C=N/NC(=O)CCCCCCCCCCCCC. The number of carbonyl (C=O) groups excluding carboxylic acids is 1. The Hall–Kier alpha value is -2.28. The van der Waals surface area contributed by atoms with Crippen molar-refractivity contribution < 1.29 is 9.53 Å². The molecule has 0 aromatic heterocycles. The van der Waals surface area contributed by atoms with Gasteiger partial charge in [0.05, 0.1) is 6.21 Å². The Balaban J connectivity index is 2.07. The van der Waals surface area contributed by atoms with Gasteiger partial charge in [0.25, 0.3) is 0 Å². The quantitative estimate of drug-likeness (QED) is 0.168. The smallest absolute Gasteiger partial charge is 0.240 e. The van der Waals surface area contributed by atoms with Crippen LogP contribution in [0.1, 0.15) is 89.5 Å². The van der Waals surface area contributed by atoms with Gasteiger partial charge < -0.3 is 4.74 Å². The minimum absolute atomic E-state index is 0.0470. The maximum absolute atomic E-state index is 11.9. The van der Waals surface area contributed by atoms with Gasteiger partial charge in [0.2, 0.25) is 5.91 Å². The summed E-state index contributed by atoms with van der Waals surface area (Å²) < 4.78 is 5.45. The molecule has 1 rings (SSSR count). The molecule has 0 spiro atoms. The van der Waals surface area contributed by atoms with Gasteiger partial charge in [0.15, 0.2) is 0 Å². The Morgan fingerprint density at radius 3 is 2.29 bits per heavy atom. The zero-order chi connectivity index (χ0) is 20.3. The third kappa shape index (κ3) is 12.2. The van der Waals surface area contributed by atoms with E-state index in [0.717, 1.165) is 18.4 Å². The summed E-state index contributed by atoms with van der Waals surface area (Å²) in [6.45, 7) is 2.46. The first-order valence-corrected chi connectivity index (χ1v) is 10.7. The number of nitrogens with one attached hydrogen (secondary N) is 1. The van der Waals surface area contributed by atoms with Gasteiger partial charge in [-0.1, -0.05) is 89.2 Å². The summed E-state index contributed by atoms with van der Waals surface area (Å²) in [5.41, 5.74) is 3.37. The van der Waals surface area contributed by atoms with E-state index in [9.17, 15) is 4.79 Å². The molecule has 0 aliphatic carbocycles. The van der Waals surface area contributed by atoms with E-state index in [-0.39, 0.29) is 12.5 Å². The van der Waals surface area contributed by atoms with Crippen LogP contribution in [0, 0.1) is 12.3 Å². The predicted molar refractivity (Wildman–Crippen MR) is 118 cm³/mol. The normalized spacial score (nSPS) is 10.7. The van der Waals surface area contributed by atoms with Gasteiger partial charge in [0, 0.05) is 12.0 Å². The van der Waals surface area contributed by atoms with E-state index in [0.29, 0.717) is 12.2 Å². The van der Waals surface area contributed by atoms with Gasteiger partial charge in [0.1, 0.15) is 12.4 Å². The van der Waals surface area contributed by atoms with Crippen LogP contribution in [0.15, 0.2) is 29.4 Å². The number of rotatable bonds is 16. The molecule has 0 radical (unpaired) electrons. The van der Waals surface area contributed by atoms with Crippen molar-refractivity contribution in [3.63, 3.8) is 0 Å². The van der Waals surface area contributed by atoms with Crippen LogP contribution < -0.4 is 10.2 Å². The van der Waals surface area contributed by atoms with E-state index in [1.165, 1.54) is 57.8 Å². The molecule has 0 atom stereocenters. The highest BCUT2D eigenvalue weighted by Crippen LogP contribution is 2.15. The number of hydrogen-bond acceptors (Lipinski definition) is 3. The van der Waals surface area contributed by atoms with Gasteiger partial charge in [-0.25, -0.2) is 5.43 Å². The van der Waals surface area contributed by atoms with Crippen LogP contribution in [-0.2, 0) is 4.79 Å². The highest BCUT2D eigenvalue weighted by Gasteiger charge is 2.01. The summed E-state index contributed by atoms with van der Waals surface area (Å²) in [7, 11) is 0. The maximum Gasteiger partial charge on any atom is 0.240 e. The third-order valence-corrected chi connectivity index (χ3v) is 4.63. The second-order valence-corrected chi connectivity index (χ2v) is 7.11. The highest BCUT2D eigenvalue weighted by molar-refractivity contribution is 5.85. The van der Waals surface area contributed by atoms with E-state index in [4.69, 9.17) is 11.2 Å². The Kier molecular flexibility index (Phi) is 14.3. The summed E-state index contributed by atoms with van der Waals surface area (Å²) in [6.07, 6.45) is 21.3. The molecule has 28 heavy (non-hydrogen) atoms. The van der Waals surface area contributed by atoms with E-state index >= 15 is 0 Å². The summed E-state index contributed by atoms with van der Waals surface area (Å²) in [5.74, 6) is 3.05. The fraction of sp³-hybridized carbons (Fsp3) is 0.583. The average Bonchev–Trinajstić information content (AvgIpc) is 2.71. The van der Waals surface area contributed by atoms with Gasteiger partial charge in [-0.2, -0.15) is 5.10 Å². The lowest BCUT2D eigenvalue weighted by molar-refractivity contribution is -0.121. The number of ether oxygens (including phenoxy) is 1. The summed E-state index contributed by atoms with van der Waals surface area (Å²) in [6, 6.07) is 7.45. The monoisotopic (exact) mass is 384 g/mol. The first kappa shape index (κ1) is 23.8. The second-order valence-electron chi connectivity index (χ2n) is 7.11. The largest absolute Gasteiger partial charge is 0.480 e. The molecule has 4 heteroatoms. The van der Waals surface area contributed by atoms with Gasteiger partial charge in [-0.15, -0.1) is 6.42 Å². The number of terminal acetylenes is 1. The molecule has 1 N–H and O–H groups in total. The van der Waals surface area contributed by atoms with Crippen LogP contribution in [0.2, 0.25) is 0 Å². The summed E-state index contributed by atoms with van der Waals surface area (Å²) >= 11 is 0. The number of para-hydroxylation sites is 1. The van der Waals surface area contributed by atoms with Crippen molar-refractivity contribution in [2.75, 3.05) is 6.61 Å². The van der Waals surface area contributed by atoms with Crippen LogP contribution in [0.3, 0.4) is 0 Å². The molecule has 0 fully saturated rings. The predicted octanol–water partition coefficient (Wildman–Crippen LogP) is 5.85. The lowest BCUT2D eigenvalue weighted by Crippen LogP contribution is -2.17. The molecule has 0 bridgehead atoms. The molecule has 0 heterocycles. The number of hydrazone groups is 1. The van der Waals surface area contributed by atoms with Crippen LogP contribution in [-0.4, -0.2) is 18.7 Å². The summed E-state index contributed by atoms with van der Waals surface area (Å²) in [4.78, 5) is 11.9. The van der Waals surface area contributed by atoms with Crippen molar-refractivity contribution in [3.8, 4) is 18.1 Å². The highest BCUT2D eigenvalue weighted by atomic mass is 16.5. The molecule has 1 aromatic carbocycles. The first-order chi connectivity index (χ1) is 13.8. The van der Waals surface area contributed by atoms with Crippen LogP contribution >= 0.6 is 0 Å². The van der Waals surface area contributed by atoms with Gasteiger partial charge >= 0.3 is 0 Å². The number of hydrogen-bond donors (Lipinski definition) is 1. The number of carbonyl (C=O) groups is 1. The maximum atomic E-state index is 11.9. The fourth-order valence-electron chi connectivity index (χ4n) is 3.02. The zero-order valence-electron chi connectivity index (χ0n) is 17.4. The fourth-order valence-corrected chi connectivity index (χ4v) is 3.02. The third-order valence-electron chi connectivity index (χ3n) is 4.63. The molecule has 0 aliphatic rings. The molecule has 4 nitrogen and oxygen atoms in total.